The molecule has 1 amide bonds. The number of phenols is 1. The van der Waals surface area contributed by atoms with Crippen LogP contribution in [0.1, 0.15) is 23.2 Å². The van der Waals surface area contributed by atoms with E-state index in [-0.39, 0.29) is 11.7 Å². The number of phenolic OH excluding ortho intramolecular Hbond substituents is 1. The lowest BCUT2D eigenvalue weighted by atomic mass is 9.98. The van der Waals surface area contributed by atoms with E-state index in [1.54, 1.807) is 37.6 Å². The summed E-state index contributed by atoms with van der Waals surface area (Å²) < 4.78 is 5.22. The number of carbonyl (C=O) groups excluding carboxylic acids is 1. The average Bonchev–Trinajstić information content (AvgIpc) is 2.62. The Kier molecular flexibility index (Phi) is 5.11. The highest BCUT2D eigenvalue weighted by Crippen LogP contribution is 2.22. The molecule has 2 heterocycles. The lowest BCUT2D eigenvalue weighted by Crippen LogP contribution is -2.41. The van der Waals surface area contributed by atoms with Gasteiger partial charge in [-0.3, -0.25) is 9.78 Å². The summed E-state index contributed by atoms with van der Waals surface area (Å²) >= 11 is 0. The topological polar surface area (TPSA) is 62.7 Å². The van der Waals surface area contributed by atoms with Crippen molar-refractivity contribution >= 4 is 5.91 Å². The van der Waals surface area contributed by atoms with Gasteiger partial charge in [-0.05, 0) is 55.2 Å². The smallest absolute Gasteiger partial charge is 0.255 e. The van der Waals surface area contributed by atoms with Crippen LogP contribution in [0.5, 0.6) is 5.75 Å². The third-order valence-corrected chi connectivity index (χ3v) is 4.38. The number of nitrogens with zero attached hydrogens (tertiary/aromatic N) is 2. The van der Waals surface area contributed by atoms with Crippen LogP contribution < -0.4 is 0 Å². The summed E-state index contributed by atoms with van der Waals surface area (Å²) in [4.78, 5) is 18.9. The molecule has 5 nitrogen and oxygen atoms in total. The molecule has 24 heavy (non-hydrogen) atoms. The molecule has 0 unspecified atom stereocenters. The van der Waals surface area contributed by atoms with E-state index in [9.17, 15) is 9.90 Å². The van der Waals surface area contributed by atoms with E-state index < -0.39 is 0 Å². The Morgan fingerprint density at radius 2 is 2.08 bits per heavy atom. The molecule has 126 valence electrons. The van der Waals surface area contributed by atoms with Gasteiger partial charge in [-0.15, -0.1) is 0 Å². The number of hydrogen-bond acceptors (Lipinski definition) is 4. The molecule has 0 aliphatic carbocycles. The van der Waals surface area contributed by atoms with Gasteiger partial charge in [0, 0.05) is 32.0 Å². The van der Waals surface area contributed by atoms with E-state index in [2.05, 4.69) is 4.98 Å². The molecule has 1 aliphatic rings. The van der Waals surface area contributed by atoms with E-state index in [1.807, 2.05) is 17.0 Å². The van der Waals surface area contributed by atoms with Crippen LogP contribution in [0, 0.1) is 5.92 Å². The second-order valence-electron chi connectivity index (χ2n) is 6.19. The zero-order valence-electron chi connectivity index (χ0n) is 13.8. The normalized spacial score (nSPS) is 17.7. The number of ether oxygens (including phenoxy) is 1. The maximum absolute atomic E-state index is 12.7. The molecule has 1 atom stereocenters. The molecule has 1 fully saturated rings. The van der Waals surface area contributed by atoms with Gasteiger partial charge in [0.15, 0.2) is 0 Å². The SMILES string of the molecule is COC[C@H]1CCCN(C(=O)c2ccc(-c3ccc(O)cc3)nc2)C1. The Morgan fingerprint density at radius 3 is 2.75 bits per heavy atom. The fourth-order valence-corrected chi connectivity index (χ4v) is 3.13. The maximum atomic E-state index is 12.7. The van der Waals surface area contributed by atoms with E-state index in [0.29, 0.717) is 18.1 Å². The number of rotatable bonds is 4. The quantitative estimate of drug-likeness (QED) is 0.938. The predicted octanol–water partition coefficient (Wildman–Crippen LogP) is 2.95. The van der Waals surface area contributed by atoms with Crippen molar-refractivity contribution in [3.8, 4) is 17.0 Å². The summed E-state index contributed by atoms with van der Waals surface area (Å²) in [6.07, 6.45) is 3.75. The standard InChI is InChI=1S/C19H22N2O3/c1-24-13-14-3-2-10-21(12-14)19(23)16-6-9-18(20-11-16)15-4-7-17(22)8-5-15/h4-9,11,14,22H,2-3,10,12-13H2,1H3/t14-/m0/s1. The summed E-state index contributed by atoms with van der Waals surface area (Å²) in [6.45, 7) is 2.23. The van der Waals surface area contributed by atoms with Crippen molar-refractivity contribution in [1.82, 2.24) is 9.88 Å². The fourth-order valence-electron chi connectivity index (χ4n) is 3.13. The van der Waals surface area contributed by atoms with Gasteiger partial charge in [-0.25, -0.2) is 0 Å². The summed E-state index contributed by atoms with van der Waals surface area (Å²) in [5, 5.41) is 9.34. The van der Waals surface area contributed by atoms with Crippen molar-refractivity contribution in [3.05, 3.63) is 48.2 Å². The highest BCUT2D eigenvalue weighted by Gasteiger charge is 2.24. The number of piperidine rings is 1. The first-order chi connectivity index (χ1) is 11.7. The third kappa shape index (κ3) is 3.74. The highest BCUT2D eigenvalue weighted by atomic mass is 16.5. The van der Waals surface area contributed by atoms with Gasteiger partial charge >= 0.3 is 0 Å². The van der Waals surface area contributed by atoms with Crippen LogP contribution in [-0.4, -0.2) is 47.7 Å². The minimum Gasteiger partial charge on any atom is -0.508 e. The summed E-state index contributed by atoms with van der Waals surface area (Å²) in [5.41, 5.74) is 2.29. The number of carbonyl (C=O) groups is 1. The molecule has 3 rings (SSSR count). The summed E-state index contributed by atoms with van der Waals surface area (Å²) in [6, 6.07) is 10.5. The number of aromatic nitrogens is 1. The number of benzene rings is 1. The predicted molar refractivity (Wildman–Crippen MR) is 91.8 cm³/mol. The fraction of sp³-hybridized carbons (Fsp3) is 0.368. The number of amides is 1. The van der Waals surface area contributed by atoms with E-state index in [1.165, 1.54) is 0 Å². The first-order valence-corrected chi connectivity index (χ1v) is 8.21. The van der Waals surface area contributed by atoms with Gasteiger partial charge < -0.3 is 14.7 Å². The van der Waals surface area contributed by atoms with Crippen LogP contribution in [-0.2, 0) is 4.74 Å². The molecule has 5 heteroatoms. The Bertz CT molecular complexity index is 681. The van der Waals surface area contributed by atoms with Crippen molar-refractivity contribution in [2.75, 3.05) is 26.8 Å². The van der Waals surface area contributed by atoms with Crippen LogP contribution in [0.25, 0.3) is 11.3 Å². The van der Waals surface area contributed by atoms with E-state index >= 15 is 0 Å². The number of hydrogen-bond donors (Lipinski definition) is 1. The summed E-state index contributed by atoms with van der Waals surface area (Å²) in [7, 11) is 1.70. The Labute approximate surface area is 141 Å². The van der Waals surface area contributed by atoms with Crippen LogP contribution in [0.2, 0.25) is 0 Å². The minimum absolute atomic E-state index is 0.0283. The second-order valence-corrected chi connectivity index (χ2v) is 6.19. The molecule has 1 saturated heterocycles. The molecular formula is C19H22N2O3. The van der Waals surface area contributed by atoms with Crippen LogP contribution in [0.3, 0.4) is 0 Å². The number of likely N-dealkylation sites (tertiary alicyclic amines) is 1. The first kappa shape index (κ1) is 16.5. The molecule has 2 aromatic rings. The van der Waals surface area contributed by atoms with Gasteiger partial charge in [-0.2, -0.15) is 0 Å². The van der Waals surface area contributed by atoms with E-state index in [0.717, 1.165) is 37.2 Å². The summed E-state index contributed by atoms with van der Waals surface area (Å²) in [5.74, 6) is 0.666. The Morgan fingerprint density at radius 1 is 1.29 bits per heavy atom. The van der Waals surface area contributed by atoms with Crippen molar-refractivity contribution in [2.45, 2.75) is 12.8 Å². The van der Waals surface area contributed by atoms with Crippen LogP contribution >= 0.6 is 0 Å². The van der Waals surface area contributed by atoms with Crippen molar-refractivity contribution in [3.63, 3.8) is 0 Å². The molecule has 0 bridgehead atoms. The molecule has 0 radical (unpaired) electrons. The molecule has 0 spiro atoms. The molecule has 1 aromatic heterocycles. The monoisotopic (exact) mass is 326 g/mol. The zero-order chi connectivity index (χ0) is 16.9. The van der Waals surface area contributed by atoms with Crippen LogP contribution in [0.15, 0.2) is 42.6 Å². The van der Waals surface area contributed by atoms with Crippen molar-refractivity contribution in [1.29, 1.82) is 0 Å². The maximum Gasteiger partial charge on any atom is 0.255 e. The Balaban J connectivity index is 1.70. The second kappa shape index (κ2) is 7.45. The van der Waals surface area contributed by atoms with Gasteiger partial charge in [0.25, 0.3) is 5.91 Å². The third-order valence-electron chi connectivity index (χ3n) is 4.38. The van der Waals surface area contributed by atoms with Gasteiger partial charge in [-0.1, -0.05) is 0 Å². The van der Waals surface area contributed by atoms with E-state index in [4.69, 9.17) is 4.74 Å². The molecule has 0 saturated carbocycles. The number of pyridine rings is 1. The Hall–Kier alpha value is -2.40. The van der Waals surface area contributed by atoms with Crippen LogP contribution in [0.4, 0.5) is 0 Å². The molecular weight excluding hydrogens is 304 g/mol. The van der Waals surface area contributed by atoms with Crippen molar-refractivity contribution < 1.29 is 14.6 Å². The largest absolute Gasteiger partial charge is 0.508 e. The van der Waals surface area contributed by atoms with Gasteiger partial charge in [0.05, 0.1) is 17.9 Å². The highest BCUT2D eigenvalue weighted by molar-refractivity contribution is 5.94. The lowest BCUT2D eigenvalue weighted by Gasteiger charge is -2.32. The minimum atomic E-state index is 0.0283. The first-order valence-electron chi connectivity index (χ1n) is 8.21. The van der Waals surface area contributed by atoms with Crippen molar-refractivity contribution in [2.24, 2.45) is 5.92 Å². The number of aromatic hydroxyl groups is 1. The molecule has 1 aliphatic heterocycles. The lowest BCUT2D eigenvalue weighted by molar-refractivity contribution is 0.0570. The number of methoxy groups -OCH3 is 1. The van der Waals surface area contributed by atoms with Gasteiger partial charge in [0.1, 0.15) is 5.75 Å². The average molecular weight is 326 g/mol. The zero-order valence-corrected chi connectivity index (χ0v) is 13.8. The molecule has 1 N–H and O–H groups in total. The van der Waals surface area contributed by atoms with Gasteiger partial charge in [0.2, 0.25) is 0 Å². The molecule has 1 aromatic carbocycles.